The van der Waals surface area contributed by atoms with E-state index < -0.39 is 0 Å². The highest BCUT2D eigenvalue weighted by Crippen LogP contribution is 2.31. The molecule has 1 aliphatic heterocycles. The highest BCUT2D eigenvalue weighted by Gasteiger charge is 2.32. The number of amides is 1. The first-order valence-electron chi connectivity index (χ1n) is 9.07. The van der Waals surface area contributed by atoms with Gasteiger partial charge in [-0.1, -0.05) is 6.07 Å². The van der Waals surface area contributed by atoms with Crippen molar-refractivity contribution in [2.75, 3.05) is 6.54 Å². The Hall–Kier alpha value is -2.96. The Balaban J connectivity index is 1.65. The lowest BCUT2D eigenvalue weighted by atomic mass is 10.0. The molecule has 1 aliphatic rings. The maximum Gasteiger partial charge on any atom is 0.273 e. The molecular weight excluding hydrogens is 328 g/mol. The first kappa shape index (κ1) is 16.5. The molecule has 3 aromatic heterocycles. The van der Waals surface area contributed by atoms with E-state index in [1.165, 1.54) is 0 Å². The average Bonchev–Trinajstić information content (AvgIpc) is 3.39. The van der Waals surface area contributed by atoms with Crippen molar-refractivity contribution in [3.05, 3.63) is 60.6 Å². The number of carbonyl (C=O) groups is 1. The number of aryl methyl sites for hydroxylation is 1. The summed E-state index contributed by atoms with van der Waals surface area (Å²) in [7, 11) is 0. The van der Waals surface area contributed by atoms with Gasteiger partial charge in [0.15, 0.2) is 5.82 Å². The van der Waals surface area contributed by atoms with E-state index in [9.17, 15) is 4.79 Å². The first-order chi connectivity index (χ1) is 12.8. The Bertz CT molecular complexity index is 885. The summed E-state index contributed by atoms with van der Waals surface area (Å²) in [6, 6.07) is 7.31. The van der Waals surface area contributed by atoms with Crippen molar-refractivity contribution in [2.24, 2.45) is 0 Å². The Morgan fingerprint density at radius 1 is 1.19 bits per heavy atom. The lowest BCUT2D eigenvalue weighted by Crippen LogP contribution is -2.40. The SMILES string of the molecule is CCn1ccnc1[C@H]1CCCCN1C(=O)c1cccc(-n2cccn2)n1. The predicted octanol–water partition coefficient (Wildman–Crippen LogP) is 2.85. The van der Waals surface area contributed by atoms with Crippen LogP contribution in [0.3, 0.4) is 0 Å². The molecule has 3 aromatic rings. The fourth-order valence-electron chi connectivity index (χ4n) is 3.55. The van der Waals surface area contributed by atoms with E-state index in [2.05, 4.69) is 26.6 Å². The largest absolute Gasteiger partial charge is 0.333 e. The maximum absolute atomic E-state index is 13.2. The molecule has 4 rings (SSSR count). The van der Waals surface area contributed by atoms with Crippen LogP contribution in [0.2, 0.25) is 0 Å². The minimum absolute atomic E-state index is 0.00126. The fraction of sp³-hybridized carbons (Fsp3) is 0.368. The van der Waals surface area contributed by atoms with Crippen molar-refractivity contribution in [1.29, 1.82) is 0 Å². The number of likely N-dealkylation sites (tertiary alicyclic amines) is 1. The summed E-state index contributed by atoms with van der Waals surface area (Å²) in [6.07, 6.45) is 10.3. The Labute approximate surface area is 152 Å². The third kappa shape index (κ3) is 3.00. The number of nitrogens with zero attached hydrogens (tertiary/aromatic N) is 6. The fourth-order valence-corrected chi connectivity index (χ4v) is 3.55. The number of hydrogen-bond acceptors (Lipinski definition) is 4. The topological polar surface area (TPSA) is 68.8 Å². The van der Waals surface area contributed by atoms with Crippen molar-refractivity contribution < 1.29 is 4.79 Å². The molecule has 26 heavy (non-hydrogen) atoms. The monoisotopic (exact) mass is 350 g/mol. The molecular formula is C19H22N6O. The number of piperidine rings is 1. The van der Waals surface area contributed by atoms with Gasteiger partial charge in [-0.2, -0.15) is 5.10 Å². The second kappa shape index (κ2) is 7.11. The van der Waals surface area contributed by atoms with Gasteiger partial charge < -0.3 is 9.47 Å². The van der Waals surface area contributed by atoms with Gasteiger partial charge in [-0.25, -0.2) is 14.6 Å². The van der Waals surface area contributed by atoms with Crippen LogP contribution in [0, 0.1) is 0 Å². The number of aromatic nitrogens is 5. The summed E-state index contributed by atoms with van der Waals surface area (Å²) >= 11 is 0. The van der Waals surface area contributed by atoms with Crippen LogP contribution in [0.1, 0.15) is 48.5 Å². The van der Waals surface area contributed by atoms with E-state index >= 15 is 0 Å². The van der Waals surface area contributed by atoms with Gasteiger partial charge in [0.1, 0.15) is 11.5 Å². The van der Waals surface area contributed by atoms with Crippen LogP contribution in [0.25, 0.3) is 5.82 Å². The third-order valence-electron chi connectivity index (χ3n) is 4.84. The minimum Gasteiger partial charge on any atom is -0.333 e. The van der Waals surface area contributed by atoms with E-state index in [0.29, 0.717) is 11.5 Å². The molecule has 0 N–H and O–H groups in total. The van der Waals surface area contributed by atoms with Gasteiger partial charge in [-0.15, -0.1) is 0 Å². The van der Waals surface area contributed by atoms with Gasteiger partial charge in [0.25, 0.3) is 5.91 Å². The summed E-state index contributed by atoms with van der Waals surface area (Å²) in [4.78, 5) is 24.2. The van der Waals surface area contributed by atoms with Crippen molar-refractivity contribution in [1.82, 2.24) is 29.2 Å². The summed E-state index contributed by atoms with van der Waals surface area (Å²) in [5.74, 6) is 1.56. The summed E-state index contributed by atoms with van der Waals surface area (Å²) in [6.45, 7) is 3.67. The van der Waals surface area contributed by atoms with Crippen LogP contribution < -0.4 is 0 Å². The van der Waals surface area contributed by atoms with Gasteiger partial charge in [0, 0.05) is 37.9 Å². The van der Waals surface area contributed by atoms with Crippen LogP contribution in [0.15, 0.2) is 49.1 Å². The normalized spacial score (nSPS) is 17.4. The van der Waals surface area contributed by atoms with Gasteiger partial charge in [-0.3, -0.25) is 4.79 Å². The standard InChI is InChI=1S/C19H22N6O/c1-2-23-14-11-20-18(23)16-8-3-4-12-24(16)19(26)15-7-5-9-17(22-15)25-13-6-10-21-25/h5-7,9-11,13-14,16H,2-4,8,12H2,1H3/t16-/m1/s1. The van der Waals surface area contributed by atoms with Crippen LogP contribution in [0.4, 0.5) is 0 Å². The summed E-state index contributed by atoms with van der Waals surface area (Å²) < 4.78 is 3.78. The van der Waals surface area contributed by atoms with Crippen molar-refractivity contribution in [2.45, 2.75) is 38.8 Å². The van der Waals surface area contributed by atoms with Gasteiger partial charge in [0.05, 0.1) is 6.04 Å². The Kier molecular flexibility index (Phi) is 4.51. The predicted molar refractivity (Wildman–Crippen MR) is 96.9 cm³/mol. The molecule has 134 valence electrons. The first-order valence-corrected chi connectivity index (χ1v) is 9.07. The highest BCUT2D eigenvalue weighted by atomic mass is 16.2. The molecule has 0 aliphatic carbocycles. The van der Waals surface area contributed by atoms with Crippen molar-refractivity contribution >= 4 is 5.91 Å². The molecule has 0 unspecified atom stereocenters. The van der Waals surface area contributed by atoms with Gasteiger partial charge in [-0.05, 0) is 44.4 Å². The summed E-state index contributed by atoms with van der Waals surface area (Å²) in [5, 5.41) is 4.19. The summed E-state index contributed by atoms with van der Waals surface area (Å²) in [5.41, 5.74) is 0.444. The quantitative estimate of drug-likeness (QED) is 0.725. The molecule has 0 spiro atoms. The van der Waals surface area contributed by atoms with Crippen LogP contribution in [-0.2, 0) is 6.54 Å². The van der Waals surface area contributed by atoms with Gasteiger partial charge >= 0.3 is 0 Å². The molecule has 0 saturated carbocycles. The van der Waals surface area contributed by atoms with Crippen LogP contribution in [0.5, 0.6) is 0 Å². The molecule has 0 bridgehead atoms. The molecule has 0 radical (unpaired) electrons. The second-order valence-electron chi connectivity index (χ2n) is 6.41. The molecule has 1 amide bonds. The van der Waals surface area contributed by atoms with Gasteiger partial charge in [0.2, 0.25) is 0 Å². The van der Waals surface area contributed by atoms with Crippen LogP contribution in [-0.4, -0.2) is 41.7 Å². The zero-order chi connectivity index (χ0) is 17.9. The molecule has 0 aromatic carbocycles. The number of hydrogen-bond donors (Lipinski definition) is 0. The molecule has 1 saturated heterocycles. The number of carbonyl (C=O) groups excluding carboxylic acids is 1. The number of imidazole rings is 1. The molecule has 1 atom stereocenters. The number of pyridine rings is 1. The Morgan fingerprint density at radius 2 is 2.12 bits per heavy atom. The lowest BCUT2D eigenvalue weighted by Gasteiger charge is -2.35. The lowest BCUT2D eigenvalue weighted by molar-refractivity contribution is 0.0589. The highest BCUT2D eigenvalue weighted by molar-refractivity contribution is 5.92. The van der Waals surface area contributed by atoms with E-state index in [1.54, 1.807) is 16.9 Å². The van der Waals surface area contributed by atoms with E-state index in [4.69, 9.17) is 0 Å². The van der Waals surface area contributed by atoms with E-state index in [1.807, 2.05) is 41.7 Å². The average molecular weight is 350 g/mol. The smallest absolute Gasteiger partial charge is 0.273 e. The zero-order valence-corrected chi connectivity index (χ0v) is 14.8. The molecule has 1 fully saturated rings. The molecule has 7 heteroatoms. The zero-order valence-electron chi connectivity index (χ0n) is 14.8. The van der Waals surface area contributed by atoms with E-state index in [-0.39, 0.29) is 11.9 Å². The number of rotatable bonds is 4. The Morgan fingerprint density at radius 3 is 2.92 bits per heavy atom. The molecule has 7 nitrogen and oxygen atoms in total. The maximum atomic E-state index is 13.2. The van der Waals surface area contributed by atoms with Crippen LogP contribution >= 0.6 is 0 Å². The second-order valence-corrected chi connectivity index (χ2v) is 6.41. The third-order valence-corrected chi connectivity index (χ3v) is 4.84. The minimum atomic E-state index is -0.0469. The molecule has 4 heterocycles. The van der Waals surface area contributed by atoms with Crippen molar-refractivity contribution in [3.63, 3.8) is 0 Å². The van der Waals surface area contributed by atoms with Crippen molar-refractivity contribution in [3.8, 4) is 5.82 Å². The van der Waals surface area contributed by atoms with E-state index in [0.717, 1.165) is 38.2 Å².